The summed E-state index contributed by atoms with van der Waals surface area (Å²) < 4.78 is 35.7. The number of aliphatic hydroxyl groups excluding tert-OH is 1. The number of rotatable bonds is 5. The third kappa shape index (κ3) is 4.53. The lowest BCUT2D eigenvalue weighted by Crippen LogP contribution is -2.07. The Labute approximate surface area is 96.9 Å². The Bertz CT molecular complexity index is 319. The standard InChI is InChI=1S/C11H15F3OS/c1-2-8-5-6-10(16-8)9(15)4-3-7-11(12,13)14/h5-6,9,15H,2-4,7H2,1H3. The third-order valence-electron chi connectivity index (χ3n) is 2.30. The van der Waals surface area contributed by atoms with E-state index in [0.717, 1.165) is 16.2 Å². The Balaban J connectivity index is 2.37. The van der Waals surface area contributed by atoms with E-state index >= 15 is 0 Å². The first-order chi connectivity index (χ1) is 7.42. The van der Waals surface area contributed by atoms with Gasteiger partial charge in [-0.15, -0.1) is 11.3 Å². The van der Waals surface area contributed by atoms with Gasteiger partial charge >= 0.3 is 6.18 Å². The van der Waals surface area contributed by atoms with E-state index in [4.69, 9.17) is 0 Å². The Morgan fingerprint density at radius 3 is 2.56 bits per heavy atom. The normalized spacial score (nSPS) is 14.1. The molecule has 1 rings (SSSR count). The van der Waals surface area contributed by atoms with Gasteiger partial charge in [0.05, 0.1) is 6.10 Å². The summed E-state index contributed by atoms with van der Waals surface area (Å²) in [6, 6.07) is 3.70. The molecule has 92 valence electrons. The van der Waals surface area contributed by atoms with Crippen molar-refractivity contribution in [1.29, 1.82) is 0 Å². The summed E-state index contributed by atoms with van der Waals surface area (Å²) >= 11 is 1.47. The van der Waals surface area contributed by atoms with Crippen molar-refractivity contribution >= 4 is 11.3 Å². The van der Waals surface area contributed by atoms with Gasteiger partial charge in [0.15, 0.2) is 0 Å². The zero-order chi connectivity index (χ0) is 12.2. The maximum atomic E-state index is 11.9. The van der Waals surface area contributed by atoms with E-state index in [1.807, 2.05) is 13.0 Å². The largest absolute Gasteiger partial charge is 0.389 e. The Morgan fingerprint density at radius 2 is 2.06 bits per heavy atom. The fourth-order valence-corrected chi connectivity index (χ4v) is 2.37. The minimum absolute atomic E-state index is 0.0238. The molecule has 0 amide bonds. The van der Waals surface area contributed by atoms with Crippen LogP contribution in [-0.2, 0) is 6.42 Å². The quantitative estimate of drug-likeness (QED) is 0.837. The Kier molecular flexibility index (Phi) is 4.80. The lowest BCUT2D eigenvalue weighted by Gasteiger charge is -2.09. The molecule has 1 unspecified atom stereocenters. The molecule has 0 spiro atoms. The average Bonchev–Trinajstić information content (AvgIpc) is 2.63. The van der Waals surface area contributed by atoms with Crippen LogP contribution < -0.4 is 0 Å². The molecule has 5 heteroatoms. The number of aryl methyl sites for hydroxylation is 1. The van der Waals surface area contributed by atoms with E-state index in [1.54, 1.807) is 6.07 Å². The molecular weight excluding hydrogens is 237 g/mol. The van der Waals surface area contributed by atoms with Crippen LogP contribution in [0.3, 0.4) is 0 Å². The van der Waals surface area contributed by atoms with Crippen LogP contribution in [0.2, 0.25) is 0 Å². The van der Waals surface area contributed by atoms with Crippen molar-refractivity contribution < 1.29 is 18.3 Å². The molecule has 0 bridgehead atoms. The Hall–Kier alpha value is -0.550. The first-order valence-corrected chi connectivity index (χ1v) is 6.07. The van der Waals surface area contributed by atoms with Crippen molar-refractivity contribution in [2.45, 2.75) is 44.9 Å². The third-order valence-corrected chi connectivity index (χ3v) is 3.63. The number of hydrogen-bond donors (Lipinski definition) is 1. The van der Waals surface area contributed by atoms with Crippen LogP contribution in [0.1, 0.15) is 42.0 Å². The van der Waals surface area contributed by atoms with Gasteiger partial charge in [-0.25, -0.2) is 0 Å². The molecule has 0 aliphatic carbocycles. The smallest absolute Gasteiger partial charge is 0.388 e. The van der Waals surface area contributed by atoms with Gasteiger partial charge < -0.3 is 5.11 Å². The highest BCUT2D eigenvalue weighted by Gasteiger charge is 2.26. The van der Waals surface area contributed by atoms with Crippen LogP contribution in [0.5, 0.6) is 0 Å². The van der Waals surface area contributed by atoms with Crippen LogP contribution in [0.15, 0.2) is 12.1 Å². The van der Waals surface area contributed by atoms with Crippen LogP contribution in [0.25, 0.3) is 0 Å². The van der Waals surface area contributed by atoms with Crippen molar-refractivity contribution in [3.05, 3.63) is 21.9 Å². The van der Waals surface area contributed by atoms with Crippen LogP contribution in [0.4, 0.5) is 13.2 Å². The summed E-state index contributed by atoms with van der Waals surface area (Å²) in [6.07, 6.45) is -4.67. The maximum absolute atomic E-state index is 11.9. The second-order valence-electron chi connectivity index (χ2n) is 3.68. The highest BCUT2D eigenvalue weighted by molar-refractivity contribution is 7.12. The van der Waals surface area contributed by atoms with Crippen molar-refractivity contribution in [3.63, 3.8) is 0 Å². The van der Waals surface area contributed by atoms with Gasteiger partial charge in [0.2, 0.25) is 0 Å². The molecular formula is C11H15F3OS. The second-order valence-corrected chi connectivity index (χ2v) is 4.88. The fraction of sp³-hybridized carbons (Fsp3) is 0.636. The molecule has 0 fully saturated rings. The molecule has 0 aliphatic rings. The molecule has 1 heterocycles. The molecule has 16 heavy (non-hydrogen) atoms. The highest BCUT2D eigenvalue weighted by atomic mass is 32.1. The summed E-state index contributed by atoms with van der Waals surface area (Å²) in [4.78, 5) is 1.91. The first kappa shape index (κ1) is 13.5. The average molecular weight is 252 g/mol. The number of aliphatic hydroxyl groups is 1. The summed E-state index contributed by atoms with van der Waals surface area (Å²) in [5.74, 6) is 0. The molecule has 1 aromatic rings. The number of thiophene rings is 1. The molecule has 1 nitrogen and oxygen atoms in total. The molecule has 1 aromatic heterocycles. The van der Waals surface area contributed by atoms with E-state index in [-0.39, 0.29) is 12.8 Å². The van der Waals surface area contributed by atoms with Gasteiger partial charge in [-0.3, -0.25) is 0 Å². The lowest BCUT2D eigenvalue weighted by molar-refractivity contribution is -0.136. The predicted octanol–water partition coefficient (Wildman–Crippen LogP) is 4.08. The molecule has 1 atom stereocenters. The Morgan fingerprint density at radius 1 is 1.38 bits per heavy atom. The zero-order valence-corrected chi connectivity index (χ0v) is 9.87. The van der Waals surface area contributed by atoms with E-state index in [0.29, 0.717) is 0 Å². The lowest BCUT2D eigenvalue weighted by atomic mass is 10.1. The van der Waals surface area contributed by atoms with Gasteiger partial charge in [-0.1, -0.05) is 6.92 Å². The zero-order valence-electron chi connectivity index (χ0n) is 9.05. The van der Waals surface area contributed by atoms with Crippen LogP contribution in [-0.4, -0.2) is 11.3 Å². The van der Waals surface area contributed by atoms with Crippen molar-refractivity contribution in [2.75, 3.05) is 0 Å². The monoisotopic (exact) mass is 252 g/mol. The SMILES string of the molecule is CCc1ccc(C(O)CCCC(F)(F)F)s1. The molecule has 0 saturated carbocycles. The molecule has 0 radical (unpaired) electrons. The van der Waals surface area contributed by atoms with Crippen molar-refractivity contribution in [1.82, 2.24) is 0 Å². The van der Waals surface area contributed by atoms with E-state index in [1.165, 1.54) is 11.3 Å². The van der Waals surface area contributed by atoms with Gasteiger partial charge in [0, 0.05) is 16.2 Å². The van der Waals surface area contributed by atoms with Crippen molar-refractivity contribution in [2.24, 2.45) is 0 Å². The van der Waals surface area contributed by atoms with Crippen LogP contribution >= 0.6 is 11.3 Å². The minimum atomic E-state index is -4.12. The molecule has 0 aromatic carbocycles. The van der Waals surface area contributed by atoms with Gasteiger partial charge in [0.25, 0.3) is 0 Å². The van der Waals surface area contributed by atoms with Crippen molar-refractivity contribution in [3.8, 4) is 0 Å². The van der Waals surface area contributed by atoms with Gasteiger partial charge in [-0.05, 0) is 31.4 Å². The molecule has 0 saturated heterocycles. The fourth-order valence-electron chi connectivity index (χ4n) is 1.40. The highest BCUT2D eigenvalue weighted by Crippen LogP contribution is 2.29. The summed E-state index contributed by atoms with van der Waals surface area (Å²) in [6.45, 7) is 2.01. The second kappa shape index (κ2) is 5.68. The first-order valence-electron chi connectivity index (χ1n) is 5.26. The summed E-state index contributed by atoms with van der Waals surface area (Å²) in [5.41, 5.74) is 0. The molecule has 0 aliphatic heterocycles. The summed E-state index contributed by atoms with van der Waals surface area (Å²) in [7, 11) is 0. The maximum Gasteiger partial charge on any atom is 0.389 e. The number of alkyl halides is 3. The van der Waals surface area contributed by atoms with E-state index < -0.39 is 18.7 Å². The van der Waals surface area contributed by atoms with E-state index in [9.17, 15) is 18.3 Å². The summed E-state index contributed by atoms with van der Waals surface area (Å²) in [5, 5.41) is 9.67. The van der Waals surface area contributed by atoms with Crippen LogP contribution in [0, 0.1) is 0 Å². The van der Waals surface area contributed by atoms with E-state index in [2.05, 4.69) is 0 Å². The topological polar surface area (TPSA) is 20.2 Å². The molecule has 1 N–H and O–H groups in total. The predicted molar refractivity (Wildman–Crippen MR) is 58.6 cm³/mol. The number of hydrogen-bond acceptors (Lipinski definition) is 2. The minimum Gasteiger partial charge on any atom is -0.388 e. The van der Waals surface area contributed by atoms with Gasteiger partial charge in [-0.2, -0.15) is 13.2 Å². The number of halogens is 3. The van der Waals surface area contributed by atoms with Gasteiger partial charge in [0.1, 0.15) is 0 Å².